The summed E-state index contributed by atoms with van der Waals surface area (Å²) in [6.45, 7) is 5.05. The maximum Gasteiger partial charge on any atom is 0.344 e. The molecule has 25 heavy (non-hydrogen) atoms. The second-order valence-electron chi connectivity index (χ2n) is 5.66. The lowest BCUT2D eigenvalue weighted by Gasteiger charge is -2.15. The van der Waals surface area contributed by atoms with Crippen LogP contribution in [0.25, 0.3) is 0 Å². The van der Waals surface area contributed by atoms with Gasteiger partial charge in [-0.3, -0.25) is 4.79 Å². The standard InChI is InChI=1S/C19H20ClNO4/c1-12-8-9-16(13(2)10-12)21-19(23)14(3)25-18(22)11-24-17-7-5-4-6-15(17)20/h4-10,14H,11H2,1-3H3,(H,21,23). The molecule has 0 saturated heterocycles. The predicted molar refractivity (Wildman–Crippen MR) is 97.0 cm³/mol. The Hall–Kier alpha value is -2.53. The van der Waals surface area contributed by atoms with Crippen molar-refractivity contribution in [3.8, 4) is 5.75 Å². The minimum Gasteiger partial charge on any atom is -0.480 e. The van der Waals surface area contributed by atoms with E-state index < -0.39 is 18.0 Å². The number of para-hydroxylation sites is 1. The van der Waals surface area contributed by atoms with Crippen molar-refractivity contribution in [1.82, 2.24) is 0 Å². The molecule has 2 aromatic rings. The molecule has 2 aromatic carbocycles. The second-order valence-corrected chi connectivity index (χ2v) is 6.07. The first-order valence-corrected chi connectivity index (χ1v) is 8.19. The molecule has 1 atom stereocenters. The number of carbonyl (C=O) groups is 2. The van der Waals surface area contributed by atoms with Crippen LogP contribution < -0.4 is 10.1 Å². The van der Waals surface area contributed by atoms with Crippen molar-refractivity contribution in [3.63, 3.8) is 0 Å². The minimum absolute atomic E-state index is 0.328. The van der Waals surface area contributed by atoms with Gasteiger partial charge in [0.15, 0.2) is 12.7 Å². The number of aryl methyl sites for hydroxylation is 2. The zero-order valence-corrected chi connectivity index (χ0v) is 15.1. The van der Waals surface area contributed by atoms with Gasteiger partial charge in [0.2, 0.25) is 0 Å². The highest BCUT2D eigenvalue weighted by molar-refractivity contribution is 6.32. The highest BCUT2D eigenvalue weighted by atomic mass is 35.5. The molecule has 0 aliphatic carbocycles. The van der Waals surface area contributed by atoms with E-state index in [-0.39, 0.29) is 6.61 Å². The molecule has 0 fully saturated rings. The van der Waals surface area contributed by atoms with Gasteiger partial charge >= 0.3 is 5.97 Å². The fraction of sp³-hybridized carbons (Fsp3) is 0.263. The average molecular weight is 362 g/mol. The third kappa shape index (κ3) is 5.50. The molecular weight excluding hydrogens is 342 g/mol. The van der Waals surface area contributed by atoms with E-state index in [9.17, 15) is 9.59 Å². The van der Waals surface area contributed by atoms with Crippen LogP contribution in [0, 0.1) is 13.8 Å². The number of hydrogen-bond acceptors (Lipinski definition) is 4. The van der Waals surface area contributed by atoms with Crippen molar-refractivity contribution in [2.45, 2.75) is 26.9 Å². The molecule has 0 aliphatic heterocycles. The molecule has 6 heteroatoms. The van der Waals surface area contributed by atoms with E-state index in [0.717, 1.165) is 11.1 Å². The molecule has 2 rings (SSSR count). The Balaban J connectivity index is 1.85. The molecule has 0 bridgehead atoms. The monoisotopic (exact) mass is 361 g/mol. The van der Waals surface area contributed by atoms with Gasteiger partial charge < -0.3 is 14.8 Å². The Morgan fingerprint density at radius 1 is 1.16 bits per heavy atom. The first-order chi connectivity index (χ1) is 11.9. The van der Waals surface area contributed by atoms with Crippen molar-refractivity contribution >= 4 is 29.2 Å². The molecule has 0 saturated carbocycles. The summed E-state index contributed by atoms with van der Waals surface area (Å²) in [6.07, 6.45) is -0.942. The van der Waals surface area contributed by atoms with E-state index >= 15 is 0 Å². The van der Waals surface area contributed by atoms with Crippen LogP contribution in [0.4, 0.5) is 5.69 Å². The highest BCUT2D eigenvalue weighted by Gasteiger charge is 2.19. The minimum atomic E-state index is -0.942. The van der Waals surface area contributed by atoms with Crippen LogP contribution in [0.3, 0.4) is 0 Å². The summed E-state index contributed by atoms with van der Waals surface area (Å²) in [7, 11) is 0. The quantitative estimate of drug-likeness (QED) is 0.792. The molecule has 0 radical (unpaired) electrons. The predicted octanol–water partition coefficient (Wildman–Crippen LogP) is 3.91. The molecule has 0 heterocycles. The molecule has 0 aliphatic rings. The number of ether oxygens (including phenoxy) is 2. The van der Waals surface area contributed by atoms with Crippen molar-refractivity contribution in [3.05, 3.63) is 58.6 Å². The lowest BCUT2D eigenvalue weighted by Crippen LogP contribution is -2.31. The third-order valence-corrected chi connectivity index (χ3v) is 3.81. The van der Waals surface area contributed by atoms with E-state index in [2.05, 4.69) is 5.32 Å². The maximum absolute atomic E-state index is 12.2. The van der Waals surface area contributed by atoms with Gasteiger partial charge in [0.05, 0.1) is 5.02 Å². The topological polar surface area (TPSA) is 64.6 Å². The number of rotatable bonds is 6. The number of amides is 1. The van der Waals surface area contributed by atoms with Gasteiger partial charge in [0.1, 0.15) is 5.75 Å². The Bertz CT molecular complexity index is 776. The van der Waals surface area contributed by atoms with Crippen LogP contribution in [-0.2, 0) is 14.3 Å². The molecule has 1 N–H and O–H groups in total. The smallest absolute Gasteiger partial charge is 0.344 e. The fourth-order valence-corrected chi connectivity index (χ4v) is 2.36. The Labute approximate surface area is 151 Å². The largest absolute Gasteiger partial charge is 0.480 e. The van der Waals surface area contributed by atoms with Gasteiger partial charge in [0.25, 0.3) is 5.91 Å². The summed E-state index contributed by atoms with van der Waals surface area (Å²) in [6, 6.07) is 12.5. The van der Waals surface area contributed by atoms with Gasteiger partial charge in [-0.2, -0.15) is 0 Å². The molecular formula is C19H20ClNO4. The zero-order chi connectivity index (χ0) is 18.4. The zero-order valence-electron chi connectivity index (χ0n) is 14.3. The summed E-state index contributed by atoms with van der Waals surface area (Å²) in [5, 5.41) is 3.15. The lowest BCUT2D eigenvalue weighted by atomic mass is 10.1. The Morgan fingerprint density at radius 2 is 1.88 bits per heavy atom. The Morgan fingerprint density at radius 3 is 2.56 bits per heavy atom. The van der Waals surface area contributed by atoms with Gasteiger partial charge in [-0.05, 0) is 44.5 Å². The number of anilines is 1. The number of esters is 1. The van der Waals surface area contributed by atoms with Crippen molar-refractivity contribution in [2.75, 3.05) is 11.9 Å². The lowest BCUT2D eigenvalue weighted by molar-refractivity contribution is -0.155. The van der Waals surface area contributed by atoms with Crippen LogP contribution in [0.5, 0.6) is 5.75 Å². The summed E-state index contributed by atoms with van der Waals surface area (Å²) < 4.78 is 10.4. The highest BCUT2D eigenvalue weighted by Crippen LogP contribution is 2.23. The SMILES string of the molecule is Cc1ccc(NC(=O)C(C)OC(=O)COc2ccccc2Cl)c(C)c1. The molecule has 1 amide bonds. The fourth-order valence-electron chi connectivity index (χ4n) is 2.17. The van der Waals surface area contributed by atoms with Crippen molar-refractivity contribution < 1.29 is 19.1 Å². The van der Waals surface area contributed by atoms with E-state index in [0.29, 0.717) is 16.5 Å². The van der Waals surface area contributed by atoms with Crippen molar-refractivity contribution in [1.29, 1.82) is 0 Å². The van der Waals surface area contributed by atoms with Gasteiger partial charge in [-0.15, -0.1) is 0 Å². The van der Waals surface area contributed by atoms with Gasteiger partial charge in [-0.25, -0.2) is 4.79 Å². The summed E-state index contributed by atoms with van der Waals surface area (Å²) in [5.74, 6) is -0.672. The van der Waals surface area contributed by atoms with Crippen LogP contribution in [-0.4, -0.2) is 24.6 Å². The summed E-state index contributed by atoms with van der Waals surface area (Å²) in [4.78, 5) is 24.0. The van der Waals surface area contributed by atoms with E-state index in [1.54, 1.807) is 24.3 Å². The van der Waals surface area contributed by atoms with Crippen LogP contribution in [0.1, 0.15) is 18.1 Å². The van der Waals surface area contributed by atoms with Crippen LogP contribution in [0.2, 0.25) is 5.02 Å². The molecule has 0 aromatic heterocycles. The van der Waals surface area contributed by atoms with E-state index in [1.165, 1.54) is 6.92 Å². The van der Waals surface area contributed by atoms with Crippen LogP contribution in [0.15, 0.2) is 42.5 Å². The third-order valence-electron chi connectivity index (χ3n) is 3.50. The number of benzene rings is 2. The Kier molecular flexibility index (Phi) is 6.42. The molecule has 1 unspecified atom stereocenters. The average Bonchev–Trinajstić information content (AvgIpc) is 2.56. The van der Waals surface area contributed by atoms with Crippen LogP contribution >= 0.6 is 11.6 Å². The number of carbonyl (C=O) groups excluding carboxylic acids is 2. The molecule has 5 nitrogen and oxygen atoms in total. The first kappa shape index (κ1) is 18.8. The first-order valence-electron chi connectivity index (χ1n) is 7.81. The number of halogens is 1. The van der Waals surface area contributed by atoms with Gasteiger partial charge in [0, 0.05) is 5.69 Å². The second kappa shape index (κ2) is 8.53. The summed E-state index contributed by atoms with van der Waals surface area (Å²) in [5.41, 5.74) is 2.73. The van der Waals surface area contributed by atoms with E-state index in [4.69, 9.17) is 21.1 Å². The maximum atomic E-state index is 12.2. The molecule has 0 spiro atoms. The molecule has 132 valence electrons. The normalized spacial score (nSPS) is 11.5. The number of nitrogens with one attached hydrogen (secondary N) is 1. The number of hydrogen-bond donors (Lipinski definition) is 1. The van der Waals surface area contributed by atoms with Gasteiger partial charge in [-0.1, -0.05) is 41.4 Å². The summed E-state index contributed by atoms with van der Waals surface area (Å²) >= 11 is 5.94. The van der Waals surface area contributed by atoms with E-state index in [1.807, 2.05) is 32.0 Å². The van der Waals surface area contributed by atoms with Crippen molar-refractivity contribution in [2.24, 2.45) is 0 Å².